The van der Waals surface area contributed by atoms with E-state index >= 15 is 0 Å². The zero-order valence-electron chi connectivity index (χ0n) is 36.9. The van der Waals surface area contributed by atoms with Crippen LogP contribution in [0.25, 0.3) is 123 Å². The molecule has 0 saturated carbocycles. The van der Waals surface area contributed by atoms with Crippen molar-refractivity contribution in [1.82, 2.24) is 24.1 Å². The van der Waals surface area contributed by atoms with Gasteiger partial charge in [-0.15, -0.1) is 0 Å². The van der Waals surface area contributed by atoms with Gasteiger partial charge in [0, 0.05) is 49.6 Å². The third-order valence-corrected chi connectivity index (χ3v) is 13.1. The summed E-state index contributed by atoms with van der Waals surface area (Å²) in [5, 5.41) is 4.89. The van der Waals surface area contributed by atoms with Gasteiger partial charge in [-0.1, -0.05) is 176 Å². The average Bonchev–Trinajstić information content (AvgIpc) is 3.94. The molecule has 5 heteroatoms. The Morgan fingerprint density at radius 3 is 1.26 bits per heavy atom. The lowest BCUT2D eigenvalue weighted by atomic mass is 9.92. The fraction of sp³-hybridized carbons (Fsp3) is 0. The van der Waals surface area contributed by atoms with Gasteiger partial charge >= 0.3 is 0 Å². The van der Waals surface area contributed by atoms with E-state index in [0.717, 1.165) is 55.8 Å². The Hall–Kier alpha value is -9.19. The van der Waals surface area contributed by atoms with E-state index in [9.17, 15) is 0 Å². The van der Waals surface area contributed by atoms with Crippen LogP contribution in [-0.4, -0.2) is 24.1 Å². The van der Waals surface area contributed by atoms with E-state index in [2.05, 4.69) is 197 Å². The van der Waals surface area contributed by atoms with Gasteiger partial charge in [-0.05, 0) is 106 Å². The molecular formula is C63H41N5. The van der Waals surface area contributed by atoms with Gasteiger partial charge in [0.1, 0.15) is 0 Å². The maximum atomic E-state index is 5.04. The molecule has 10 aromatic carbocycles. The average molecular weight is 868 g/mol. The van der Waals surface area contributed by atoms with Crippen LogP contribution in [0.1, 0.15) is 0 Å². The first-order valence-corrected chi connectivity index (χ1v) is 23.0. The molecule has 0 saturated heterocycles. The van der Waals surface area contributed by atoms with Gasteiger partial charge in [0.15, 0.2) is 17.5 Å². The van der Waals surface area contributed by atoms with Crippen LogP contribution in [0.2, 0.25) is 0 Å². The number of rotatable bonds is 8. The van der Waals surface area contributed by atoms with Crippen molar-refractivity contribution in [3.05, 3.63) is 249 Å². The first-order chi connectivity index (χ1) is 33.7. The second-order valence-electron chi connectivity index (χ2n) is 17.2. The second-order valence-corrected chi connectivity index (χ2v) is 17.2. The Morgan fingerprint density at radius 1 is 0.235 bits per heavy atom. The van der Waals surface area contributed by atoms with Crippen LogP contribution in [0.5, 0.6) is 0 Å². The summed E-state index contributed by atoms with van der Waals surface area (Å²) in [6.45, 7) is 0. The molecule has 0 atom stereocenters. The molecule has 0 aliphatic heterocycles. The van der Waals surface area contributed by atoms with Gasteiger partial charge in [0.05, 0.1) is 22.1 Å². The minimum atomic E-state index is 0.628. The summed E-state index contributed by atoms with van der Waals surface area (Å²) < 4.78 is 4.81. The number of fused-ring (bicyclic) bond motifs is 6. The van der Waals surface area contributed by atoms with Crippen molar-refractivity contribution in [3.63, 3.8) is 0 Å². The molecule has 13 rings (SSSR count). The molecule has 5 nitrogen and oxygen atoms in total. The molecule has 318 valence electrons. The molecular weight excluding hydrogens is 827 g/mol. The molecule has 0 radical (unpaired) electrons. The molecule has 0 aliphatic rings. The SMILES string of the molecule is c1ccc(-c2nc(-c3ccccc3)nc(-c3cccc(-c4cccc(-c5cc(-c6ccc7c(c6)c6ccccc6n7-c6ccccc6)c6c7ccccc7n(-c7ccccc7)c6c5)c4)c3)n2)cc1. The molecule has 3 heterocycles. The molecule has 3 aromatic heterocycles. The minimum absolute atomic E-state index is 0.628. The summed E-state index contributed by atoms with van der Waals surface area (Å²) >= 11 is 0. The van der Waals surface area contributed by atoms with Crippen molar-refractivity contribution >= 4 is 43.6 Å². The summed E-state index contributed by atoms with van der Waals surface area (Å²) in [5.74, 6) is 1.91. The molecule has 0 spiro atoms. The zero-order valence-corrected chi connectivity index (χ0v) is 36.9. The molecule has 68 heavy (non-hydrogen) atoms. The Bertz CT molecular complexity index is 3950. The normalized spacial score (nSPS) is 11.5. The van der Waals surface area contributed by atoms with Crippen LogP contribution >= 0.6 is 0 Å². The van der Waals surface area contributed by atoms with Crippen LogP contribution in [0.4, 0.5) is 0 Å². The van der Waals surface area contributed by atoms with Gasteiger partial charge in [-0.2, -0.15) is 0 Å². The smallest absolute Gasteiger partial charge is 0.164 e. The van der Waals surface area contributed by atoms with E-state index < -0.39 is 0 Å². The van der Waals surface area contributed by atoms with Crippen molar-refractivity contribution in [2.45, 2.75) is 0 Å². The predicted molar refractivity (Wildman–Crippen MR) is 281 cm³/mol. The third-order valence-electron chi connectivity index (χ3n) is 13.1. The summed E-state index contributed by atoms with van der Waals surface area (Å²) in [5.41, 5.74) is 16.6. The van der Waals surface area contributed by atoms with E-state index in [1.807, 2.05) is 60.7 Å². The van der Waals surface area contributed by atoms with E-state index in [0.29, 0.717) is 17.5 Å². The summed E-state index contributed by atoms with van der Waals surface area (Å²) in [6.07, 6.45) is 0. The highest BCUT2D eigenvalue weighted by Gasteiger charge is 2.21. The fourth-order valence-corrected chi connectivity index (χ4v) is 10.00. The van der Waals surface area contributed by atoms with Crippen LogP contribution in [0.15, 0.2) is 249 Å². The number of hydrogen-bond donors (Lipinski definition) is 0. The van der Waals surface area contributed by atoms with E-state index in [1.165, 1.54) is 49.2 Å². The van der Waals surface area contributed by atoms with E-state index in [-0.39, 0.29) is 0 Å². The number of benzene rings is 10. The lowest BCUT2D eigenvalue weighted by Crippen LogP contribution is -2.00. The van der Waals surface area contributed by atoms with Gasteiger partial charge in [-0.25, -0.2) is 15.0 Å². The van der Waals surface area contributed by atoms with Crippen LogP contribution < -0.4 is 0 Å². The highest BCUT2D eigenvalue weighted by molar-refractivity contribution is 6.18. The fourth-order valence-electron chi connectivity index (χ4n) is 10.00. The largest absolute Gasteiger partial charge is 0.309 e. The monoisotopic (exact) mass is 867 g/mol. The van der Waals surface area contributed by atoms with Crippen molar-refractivity contribution < 1.29 is 0 Å². The highest BCUT2D eigenvalue weighted by Crippen LogP contribution is 2.44. The maximum Gasteiger partial charge on any atom is 0.164 e. The van der Waals surface area contributed by atoms with Gasteiger partial charge in [-0.3, -0.25) is 0 Å². The summed E-state index contributed by atoms with van der Waals surface area (Å²) in [6, 6.07) is 88.5. The molecule has 0 N–H and O–H groups in total. The highest BCUT2D eigenvalue weighted by atomic mass is 15.0. The number of aromatic nitrogens is 5. The molecule has 0 fully saturated rings. The molecule has 0 amide bonds. The lowest BCUT2D eigenvalue weighted by molar-refractivity contribution is 1.07. The van der Waals surface area contributed by atoms with Gasteiger partial charge < -0.3 is 9.13 Å². The van der Waals surface area contributed by atoms with Crippen molar-refractivity contribution in [2.75, 3.05) is 0 Å². The van der Waals surface area contributed by atoms with Crippen LogP contribution in [0, 0.1) is 0 Å². The first-order valence-electron chi connectivity index (χ1n) is 23.0. The topological polar surface area (TPSA) is 48.5 Å². The van der Waals surface area contributed by atoms with Gasteiger partial charge in [0.25, 0.3) is 0 Å². The van der Waals surface area contributed by atoms with Gasteiger partial charge in [0.2, 0.25) is 0 Å². The third kappa shape index (κ3) is 6.76. The van der Waals surface area contributed by atoms with Crippen LogP contribution in [-0.2, 0) is 0 Å². The Balaban J connectivity index is 0.990. The van der Waals surface area contributed by atoms with Crippen molar-refractivity contribution in [1.29, 1.82) is 0 Å². The number of para-hydroxylation sites is 4. The van der Waals surface area contributed by atoms with E-state index in [4.69, 9.17) is 15.0 Å². The lowest BCUT2D eigenvalue weighted by Gasteiger charge is -2.14. The summed E-state index contributed by atoms with van der Waals surface area (Å²) in [7, 11) is 0. The number of hydrogen-bond acceptors (Lipinski definition) is 3. The Morgan fingerprint density at radius 2 is 0.662 bits per heavy atom. The zero-order chi connectivity index (χ0) is 45.0. The molecule has 0 unspecified atom stereocenters. The quantitative estimate of drug-likeness (QED) is 0.153. The second kappa shape index (κ2) is 16.4. The number of nitrogens with zero attached hydrogens (tertiary/aromatic N) is 5. The van der Waals surface area contributed by atoms with Crippen molar-refractivity contribution in [3.8, 4) is 78.9 Å². The summed E-state index contributed by atoms with van der Waals surface area (Å²) in [4.78, 5) is 15.0. The van der Waals surface area contributed by atoms with Crippen molar-refractivity contribution in [2.24, 2.45) is 0 Å². The molecule has 13 aromatic rings. The standard InChI is InChI=1S/C63H41N5/c1-5-19-42(20-6-1)61-64-62(43-21-7-2-8-22-43)66-63(65-61)48-26-18-24-45(38-48)44-23-17-25-46(37-44)49-40-54(60-53-32-14-16-34-57(53)68(59(60)41-49)51-29-11-4-12-30-51)47-35-36-58-55(39-47)52-31-13-15-33-56(52)67(58)50-27-9-3-10-28-50/h1-41H. The Kier molecular flexibility index (Phi) is 9.43. The predicted octanol–water partition coefficient (Wildman–Crippen LogP) is 16.1. The van der Waals surface area contributed by atoms with Crippen LogP contribution in [0.3, 0.4) is 0 Å². The first kappa shape index (κ1) is 39.2. The molecule has 0 bridgehead atoms. The van der Waals surface area contributed by atoms with E-state index in [1.54, 1.807) is 0 Å². The maximum absolute atomic E-state index is 5.04. The minimum Gasteiger partial charge on any atom is -0.309 e. The Labute approximate surface area is 393 Å². The molecule has 0 aliphatic carbocycles.